The number of allylic oxidation sites excluding steroid dienone is 3. The number of ether oxygens (including phenoxy) is 1. The van der Waals surface area contributed by atoms with Gasteiger partial charge in [-0.15, -0.1) is 0 Å². The summed E-state index contributed by atoms with van der Waals surface area (Å²) in [5.41, 5.74) is 1.22. The first-order valence-electron chi connectivity index (χ1n) is 5.74. The zero-order valence-electron chi connectivity index (χ0n) is 10.1. The predicted octanol–water partition coefficient (Wildman–Crippen LogP) is 3.97. The van der Waals surface area contributed by atoms with E-state index in [2.05, 4.69) is 38.1 Å². The predicted molar refractivity (Wildman–Crippen MR) is 69.2 cm³/mol. The van der Waals surface area contributed by atoms with Gasteiger partial charge in [0.05, 0.1) is 13.2 Å². The summed E-state index contributed by atoms with van der Waals surface area (Å²) in [6.45, 7) is 5.67. The van der Waals surface area contributed by atoms with Gasteiger partial charge in [0.25, 0.3) is 0 Å². The highest BCUT2D eigenvalue weighted by Crippen LogP contribution is 2.00. The van der Waals surface area contributed by atoms with Crippen molar-refractivity contribution in [1.29, 1.82) is 0 Å². The fraction of sp³-hybridized carbons (Fsp3) is 0.333. The maximum absolute atomic E-state index is 5.51. The third-order valence-corrected chi connectivity index (χ3v) is 2.07. The Morgan fingerprint density at radius 2 is 1.88 bits per heavy atom. The van der Waals surface area contributed by atoms with Gasteiger partial charge in [0, 0.05) is 0 Å². The molecule has 0 amide bonds. The van der Waals surface area contributed by atoms with Gasteiger partial charge in [-0.25, -0.2) is 0 Å². The summed E-state index contributed by atoms with van der Waals surface area (Å²) in [7, 11) is 0. The van der Waals surface area contributed by atoms with E-state index in [0.29, 0.717) is 19.1 Å². The maximum atomic E-state index is 5.51. The van der Waals surface area contributed by atoms with E-state index in [1.54, 1.807) is 0 Å². The third-order valence-electron chi connectivity index (χ3n) is 2.07. The van der Waals surface area contributed by atoms with Gasteiger partial charge in [0.1, 0.15) is 0 Å². The van der Waals surface area contributed by atoms with Crippen LogP contribution in [0.4, 0.5) is 0 Å². The molecular formula is C15H20O. The number of benzene rings is 1. The van der Waals surface area contributed by atoms with Crippen molar-refractivity contribution in [3.8, 4) is 0 Å². The minimum atomic E-state index is 0.606. The van der Waals surface area contributed by atoms with Crippen molar-refractivity contribution in [3.05, 3.63) is 60.2 Å². The van der Waals surface area contributed by atoms with E-state index in [9.17, 15) is 0 Å². The zero-order chi connectivity index (χ0) is 11.6. The molecule has 1 heteroatoms. The van der Waals surface area contributed by atoms with Gasteiger partial charge in [0.15, 0.2) is 0 Å². The van der Waals surface area contributed by atoms with Crippen LogP contribution in [0, 0.1) is 5.92 Å². The molecule has 1 aromatic rings. The second-order valence-electron chi connectivity index (χ2n) is 4.06. The molecule has 0 saturated carbocycles. The molecule has 0 radical (unpaired) electrons. The minimum absolute atomic E-state index is 0.606. The van der Waals surface area contributed by atoms with Crippen LogP contribution in [-0.4, -0.2) is 6.61 Å². The molecule has 0 fully saturated rings. The highest BCUT2D eigenvalue weighted by molar-refractivity contribution is 5.13. The number of rotatable bonds is 6. The maximum Gasteiger partial charge on any atom is 0.0721 e. The lowest BCUT2D eigenvalue weighted by Gasteiger charge is -2.00. The zero-order valence-corrected chi connectivity index (χ0v) is 10.1. The van der Waals surface area contributed by atoms with Crippen molar-refractivity contribution in [2.45, 2.75) is 20.5 Å². The summed E-state index contributed by atoms with van der Waals surface area (Å²) in [6, 6.07) is 10.2. The summed E-state index contributed by atoms with van der Waals surface area (Å²) in [6.07, 6.45) is 8.29. The van der Waals surface area contributed by atoms with E-state index >= 15 is 0 Å². The lowest BCUT2D eigenvalue weighted by Crippen LogP contribution is -1.91. The summed E-state index contributed by atoms with van der Waals surface area (Å²) >= 11 is 0. The third kappa shape index (κ3) is 6.20. The van der Waals surface area contributed by atoms with Crippen LogP contribution < -0.4 is 0 Å². The van der Waals surface area contributed by atoms with Crippen LogP contribution in [0.5, 0.6) is 0 Å². The van der Waals surface area contributed by atoms with Gasteiger partial charge in [-0.05, 0) is 11.5 Å². The highest BCUT2D eigenvalue weighted by Gasteiger charge is 1.88. The molecule has 0 unspecified atom stereocenters. The van der Waals surface area contributed by atoms with E-state index in [4.69, 9.17) is 4.74 Å². The van der Waals surface area contributed by atoms with Crippen LogP contribution in [0.15, 0.2) is 54.6 Å². The molecule has 0 heterocycles. The molecule has 0 aliphatic rings. The molecule has 1 aromatic carbocycles. The van der Waals surface area contributed by atoms with Gasteiger partial charge in [-0.3, -0.25) is 0 Å². The van der Waals surface area contributed by atoms with Crippen molar-refractivity contribution in [3.63, 3.8) is 0 Å². The molecule has 0 saturated heterocycles. The van der Waals surface area contributed by atoms with Crippen molar-refractivity contribution in [2.75, 3.05) is 6.61 Å². The highest BCUT2D eigenvalue weighted by atomic mass is 16.5. The molecule has 0 spiro atoms. The molecule has 0 N–H and O–H groups in total. The SMILES string of the molecule is CC(C)/C=C\C=C/COCc1ccccc1. The summed E-state index contributed by atoms with van der Waals surface area (Å²) in [5, 5.41) is 0. The minimum Gasteiger partial charge on any atom is -0.373 e. The Bertz CT molecular complexity index is 323. The van der Waals surface area contributed by atoms with Crippen LogP contribution in [-0.2, 0) is 11.3 Å². The van der Waals surface area contributed by atoms with Crippen molar-refractivity contribution in [1.82, 2.24) is 0 Å². The topological polar surface area (TPSA) is 9.23 Å². The van der Waals surface area contributed by atoms with Crippen LogP contribution in [0.3, 0.4) is 0 Å². The average Bonchev–Trinajstić information content (AvgIpc) is 2.29. The number of hydrogen-bond acceptors (Lipinski definition) is 1. The quantitative estimate of drug-likeness (QED) is 0.516. The average molecular weight is 216 g/mol. The standard InChI is InChI=1S/C15H20O/c1-14(2)9-5-4-8-12-16-13-15-10-6-3-7-11-15/h3-11,14H,12-13H2,1-2H3/b8-4-,9-5-. The van der Waals surface area contributed by atoms with Crippen molar-refractivity contribution in [2.24, 2.45) is 5.92 Å². The van der Waals surface area contributed by atoms with Crippen LogP contribution >= 0.6 is 0 Å². The Morgan fingerprint density at radius 3 is 2.56 bits per heavy atom. The van der Waals surface area contributed by atoms with Crippen LogP contribution in [0.2, 0.25) is 0 Å². The smallest absolute Gasteiger partial charge is 0.0721 e. The molecule has 1 rings (SSSR count). The van der Waals surface area contributed by atoms with Crippen LogP contribution in [0.1, 0.15) is 19.4 Å². The summed E-state index contributed by atoms with van der Waals surface area (Å²) in [5.74, 6) is 0.606. The van der Waals surface area contributed by atoms with Gasteiger partial charge >= 0.3 is 0 Å². The molecule has 0 aliphatic carbocycles. The Labute approximate surface area is 98.5 Å². The van der Waals surface area contributed by atoms with Gasteiger partial charge in [0.2, 0.25) is 0 Å². The van der Waals surface area contributed by atoms with E-state index in [1.165, 1.54) is 5.56 Å². The molecule has 0 atom stereocenters. The monoisotopic (exact) mass is 216 g/mol. The molecule has 16 heavy (non-hydrogen) atoms. The second-order valence-corrected chi connectivity index (χ2v) is 4.06. The van der Waals surface area contributed by atoms with E-state index in [-0.39, 0.29) is 0 Å². The fourth-order valence-corrected chi connectivity index (χ4v) is 1.24. The summed E-state index contributed by atoms with van der Waals surface area (Å²) < 4.78 is 5.51. The van der Waals surface area contributed by atoms with Crippen LogP contribution in [0.25, 0.3) is 0 Å². The van der Waals surface area contributed by atoms with Gasteiger partial charge in [-0.2, -0.15) is 0 Å². The second kappa shape index (κ2) is 7.89. The Hall–Kier alpha value is -1.34. The first-order chi connectivity index (χ1) is 7.79. The van der Waals surface area contributed by atoms with E-state index in [0.717, 1.165) is 0 Å². The molecule has 1 nitrogen and oxygen atoms in total. The normalized spacial score (nSPS) is 11.9. The lowest BCUT2D eigenvalue weighted by molar-refractivity contribution is 0.148. The van der Waals surface area contributed by atoms with Crippen molar-refractivity contribution < 1.29 is 4.74 Å². The van der Waals surface area contributed by atoms with Gasteiger partial charge < -0.3 is 4.74 Å². The number of hydrogen-bond donors (Lipinski definition) is 0. The fourth-order valence-electron chi connectivity index (χ4n) is 1.24. The Morgan fingerprint density at radius 1 is 1.12 bits per heavy atom. The van der Waals surface area contributed by atoms with E-state index < -0.39 is 0 Å². The van der Waals surface area contributed by atoms with Crippen molar-refractivity contribution >= 4 is 0 Å². The molecule has 0 aromatic heterocycles. The van der Waals surface area contributed by atoms with Gasteiger partial charge in [-0.1, -0.05) is 68.5 Å². The molecular weight excluding hydrogens is 196 g/mol. The first kappa shape index (κ1) is 12.7. The molecule has 0 bridgehead atoms. The Kier molecular flexibility index (Phi) is 6.28. The molecule has 0 aliphatic heterocycles. The Balaban J connectivity index is 2.13. The summed E-state index contributed by atoms with van der Waals surface area (Å²) in [4.78, 5) is 0. The largest absolute Gasteiger partial charge is 0.373 e. The van der Waals surface area contributed by atoms with E-state index in [1.807, 2.05) is 30.4 Å². The lowest BCUT2D eigenvalue weighted by atomic mass is 10.2. The first-order valence-corrected chi connectivity index (χ1v) is 5.74. The molecule has 86 valence electrons.